The van der Waals surface area contributed by atoms with E-state index in [9.17, 15) is 13.2 Å². The van der Waals surface area contributed by atoms with Gasteiger partial charge in [-0.15, -0.1) is 10.2 Å². The van der Waals surface area contributed by atoms with Gasteiger partial charge in [0.1, 0.15) is 0 Å². The molecule has 0 unspecified atom stereocenters. The smallest absolute Gasteiger partial charge is 0.277 e. The van der Waals surface area contributed by atoms with Crippen LogP contribution < -0.4 is 10.5 Å². The highest BCUT2D eigenvalue weighted by Crippen LogP contribution is 2.24. The molecular weight excluding hydrogens is 456 g/mol. The Morgan fingerprint density at radius 1 is 1.11 bits per heavy atom. The van der Waals surface area contributed by atoms with Crippen molar-refractivity contribution in [2.45, 2.75) is 10.1 Å². The van der Waals surface area contributed by atoms with Crippen LogP contribution in [0.4, 0.5) is 5.69 Å². The summed E-state index contributed by atoms with van der Waals surface area (Å²) in [5.74, 6) is 0.120. The number of thioether (sulfide) groups is 1. The molecule has 0 saturated heterocycles. The van der Waals surface area contributed by atoms with Crippen molar-refractivity contribution in [3.05, 3.63) is 53.0 Å². The van der Waals surface area contributed by atoms with Crippen molar-refractivity contribution in [1.29, 1.82) is 0 Å². The number of sulfonamides is 1. The van der Waals surface area contributed by atoms with Crippen LogP contribution in [0, 0.1) is 0 Å². The monoisotopic (exact) mass is 468 g/mol. The minimum Gasteiger partial charge on any atom is -0.411 e. The van der Waals surface area contributed by atoms with Gasteiger partial charge in [0.05, 0.1) is 10.6 Å². The zero-order valence-electron chi connectivity index (χ0n) is 13.6. The van der Waals surface area contributed by atoms with E-state index in [2.05, 4.69) is 31.4 Å². The standard InChI is InChI=1S/C16H13BrN4O4S2/c17-11-3-1-10(2-4-11)15-20-21-16(25-15)26-9-14(22)19-12-5-7-13(8-6-12)27(18,23)24/h1-8H,9H2,(H,19,22)(H2,18,23,24). The fourth-order valence-electron chi connectivity index (χ4n) is 2.03. The molecule has 140 valence electrons. The van der Waals surface area contributed by atoms with Crippen molar-refractivity contribution < 1.29 is 17.6 Å². The van der Waals surface area contributed by atoms with E-state index in [0.29, 0.717) is 11.6 Å². The van der Waals surface area contributed by atoms with E-state index in [1.807, 2.05) is 24.3 Å². The second-order valence-electron chi connectivity index (χ2n) is 5.29. The molecule has 8 nitrogen and oxygen atoms in total. The summed E-state index contributed by atoms with van der Waals surface area (Å²) >= 11 is 4.45. The first-order valence-electron chi connectivity index (χ1n) is 7.46. The van der Waals surface area contributed by atoms with Crippen molar-refractivity contribution in [2.24, 2.45) is 5.14 Å². The first-order valence-corrected chi connectivity index (χ1v) is 10.8. The lowest BCUT2D eigenvalue weighted by molar-refractivity contribution is -0.113. The molecule has 0 radical (unpaired) electrons. The number of nitrogens with zero attached hydrogens (tertiary/aromatic N) is 2. The van der Waals surface area contributed by atoms with Crippen LogP contribution in [0.5, 0.6) is 0 Å². The Kier molecular flexibility index (Phi) is 5.95. The largest absolute Gasteiger partial charge is 0.411 e. The first kappa shape index (κ1) is 19.5. The van der Waals surface area contributed by atoms with Crippen LogP contribution in [0.3, 0.4) is 0 Å². The lowest BCUT2D eigenvalue weighted by Gasteiger charge is -2.05. The molecule has 3 N–H and O–H groups in total. The zero-order chi connectivity index (χ0) is 19.4. The number of halogens is 1. The summed E-state index contributed by atoms with van der Waals surface area (Å²) in [6.45, 7) is 0. The van der Waals surface area contributed by atoms with Gasteiger partial charge < -0.3 is 9.73 Å². The lowest BCUT2D eigenvalue weighted by atomic mass is 10.2. The quantitative estimate of drug-likeness (QED) is 0.532. The molecule has 3 rings (SSSR count). The summed E-state index contributed by atoms with van der Waals surface area (Å²) in [6, 6.07) is 13.0. The van der Waals surface area contributed by atoms with Crippen molar-refractivity contribution in [2.75, 3.05) is 11.1 Å². The molecule has 0 bridgehead atoms. The number of nitrogens with two attached hydrogens (primary N) is 1. The zero-order valence-corrected chi connectivity index (χ0v) is 16.8. The fourth-order valence-corrected chi connectivity index (χ4v) is 3.37. The number of nitrogens with one attached hydrogen (secondary N) is 1. The maximum Gasteiger partial charge on any atom is 0.277 e. The highest BCUT2D eigenvalue weighted by atomic mass is 79.9. The Balaban J connectivity index is 1.56. The summed E-state index contributed by atoms with van der Waals surface area (Å²) in [6.07, 6.45) is 0. The molecule has 3 aromatic rings. The number of hydrogen-bond acceptors (Lipinski definition) is 7. The first-order chi connectivity index (χ1) is 12.8. The van der Waals surface area contributed by atoms with E-state index in [-0.39, 0.29) is 21.8 Å². The van der Waals surface area contributed by atoms with E-state index in [4.69, 9.17) is 9.56 Å². The van der Waals surface area contributed by atoms with Gasteiger partial charge in [-0.05, 0) is 48.5 Å². The van der Waals surface area contributed by atoms with Crippen molar-refractivity contribution in [1.82, 2.24) is 10.2 Å². The van der Waals surface area contributed by atoms with Crippen LogP contribution in [-0.2, 0) is 14.8 Å². The number of hydrogen-bond donors (Lipinski definition) is 2. The average Bonchev–Trinajstić information content (AvgIpc) is 3.09. The molecule has 0 saturated carbocycles. The van der Waals surface area contributed by atoms with E-state index < -0.39 is 10.0 Å². The van der Waals surface area contributed by atoms with Crippen LogP contribution in [0.1, 0.15) is 0 Å². The van der Waals surface area contributed by atoms with Gasteiger partial charge >= 0.3 is 0 Å². The third-order valence-electron chi connectivity index (χ3n) is 3.29. The summed E-state index contributed by atoms with van der Waals surface area (Å²) in [4.78, 5) is 12.0. The normalized spacial score (nSPS) is 11.3. The van der Waals surface area contributed by atoms with E-state index in [1.165, 1.54) is 24.3 Å². The Labute approximate surface area is 167 Å². The molecule has 0 aliphatic carbocycles. The molecule has 0 aliphatic rings. The van der Waals surface area contributed by atoms with Crippen LogP contribution in [-0.4, -0.2) is 30.3 Å². The van der Waals surface area contributed by atoms with Crippen molar-refractivity contribution >= 4 is 49.3 Å². The average molecular weight is 469 g/mol. The maximum absolute atomic E-state index is 12.0. The molecule has 0 aliphatic heterocycles. The summed E-state index contributed by atoms with van der Waals surface area (Å²) in [7, 11) is -3.76. The van der Waals surface area contributed by atoms with Crippen molar-refractivity contribution in [3.8, 4) is 11.5 Å². The summed E-state index contributed by atoms with van der Waals surface area (Å²) < 4.78 is 28.9. The third kappa shape index (κ3) is 5.39. The Hall–Kier alpha value is -2.21. The third-order valence-corrected chi connectivity index (χ3v) is 5.57. The predicted octanol–water partition coefficient (Wildman–Crippen LogP) is 2.88. The fraction of sp³-hybridized carbons (Fsp3) is 0.0625. The SMILES string of the molecule is NS(=O)(=O)c1ccc(NC(=O)CSc2nnc(-c3ccc(Br)cc3)o2)cc1. The molecule has 1 aromatic heterocycles. The molecule has 11 heteroatoms. The number of rotatable bonds is 6. The van der Waals surface area contributed by atoms with Gasteiger partial charge in [0, 0.05) is 15.7 Å². The van der Waals surface area contributed by atoms with Gasteiger partial charge in [-0.2, -0.15) is 0 Å². The van der Waals surface area contributed by atoms with Gasteiger partial charge in [0.25, 0.3) is 5.22 Å². The van der Waals surface area contributed by atoms with Crippen molar-refractivity contribution in [3.63, 3.8) is 0 Å². The molecule has 0 spiro atoms. The van der Waals surface area contributed by atoms with Crippen LogP contribution in [0.2, 0.25) is 0 Å². The Bertz CT molecular complexity index is 1050. The van der Waals surface area contributed by atoms with Crippen LogP contribution in [0.25, 0.3) is 11.5 Å². The maximum atomic E-state index is 12.0. The number of anilines is 1. The highest BCUT2D eigenvalue weighted by molar-refractivity contribution is 9.10. The van der Waals surface area contributed by atoms with Crippen LogP contribution in [0.15, 0.2) is 67.5 Å². The summed E-state index contributed by atoms with van der Waals surface area (Å²) in [5, 5.41) is 15.8. The van der Waals surface area contributed by atoms with E-state index >= 15 is 0 Å². The molecule has 0 atom stereocenters. The van der Waals surface area contributed by atoms with Gasteiger partial charge in [0.2, 0.25) is 21.8 Å². The van der Waals surface area contributed by atoms with E-state index in [0.717, 1.165) is 21.8 Å². The molecular formula is C16H13BrN4O4S2. The Morgan fingerprint density at radius 3 is 2.41 bits per heavy atom. The number of primary sulfonamides is 1. The number of benzene rings is 2. The number of aromatic nitrogens is 2. The topological polar surface area (TPSA) is 128 Å². The number of amides is 1. The Morgan fingerprint density at radius 2 is 1.78 bits per heavy atom. The summed E-state index contributed by atoms with van der Waals surface area (Å²) in [5.41, 5.74) is 1.23. The number of carbonyl (C=O) groups excluding carboxylic acids is 1. The minimum absolute atomic E-state index is 0.0267. The van der Waals surface area contributed by atoms with E-state index in [1.54, 1.807) is 0 Å². The lowest BCUT2D eigenvalue weighted by Crippen LogP contribution is -2.15. The molecule has 0 fully saturated rings. The second-order valence-corrected chi connectivity index (χ2v) is 8.69. The van der Waals surface area contributed by atoms with Gasteiger partial charge in [0.15, 0.2) is 0 Å². The minimum atomic E-state index is -3.76. The van der Waals surface area contributed by atoms with Crippen LogP contribution >= 0.6 is 27.7 Å². The number of carbonyl (C=O) groups is 1. The molecule has 2 aromatic carbocycles. The molecule has 1 amide bonds. The highest BCUT2D eigenvalue weighted by Gasteiger charge is 2.12. The second kappa shape index (κ2) is 8.21. The van der Waals surface area contributed by atoms with Gasteiger partial charge in [-0.3, -0.25) is 4.79 Å². The van der Waals surface area contributed by atoms with Gasteiger partial charge in [-0.25, -0.2) is 13.6 Å². The molecule has 27 heavy (non-hydrogen) atoms. The van der Waals surface area contributed by atoms with Gasteiger partial charge in [-0.1, -0.05) is 27.7 Å². The molecule has 1 heterocycles. The predicted molar refractivity (Wildman–Crippen MR) is 105 cm³/mol.